The van der Waals surface area contributed by atoms with Crippen LogP contribution >= 0.6 is 15.9 Å². The second-order valence-electron chi connectivity index (χ2n) is 5.22. The molecule has 0 aliphatic carbocycles. The number of nitrogens with one attached hydrogen (secondary N) is 1. The lowest BCUT2D eigenvalue weighted by Gasteiger charge is -2.34. The van der Waals surface area contributed by atoms with Crippen molar-refractivity contribution in [1.29, 1.82) is 0 Å². The van der Waals surface area contributed by atoms with Crippen LogP contribution in [0.4, 0.5) is 0 Å². The van der Waals surface area contributed by atoms with Gasteiger partial charge in [0.05, 0.1) is 12.1 Å². The summed E-state index contributed by atoms with van der Waals surface area (Å²) < 4.78 is 0.825. The summed E-state index contributed by atoms with van der Waals surface area (Å²) in [5, 5.41) is 2.62. The number of carbonyl (C=O) groups excluding carboxylic acids is 2. The molecule has 2 amide bonds. The molecule has 5 nitrogen and oxygen atoms in total. The van der Waals surface area contributed by atoms with E-state index < -0.39 is 0 Å². The highest BCUT2D eigenvalue weighted by Gasteiger charge is 2.24. The van der Waals surface area contributed by atoms with Crippen LogP contribution in [0.15, 0.2) is 22.7 Å². The summed E-state index contributed by atoms with van der Waals surface area (Å²) in [6.45, 7) is 5.12. The number of hydrogen-bond donors (Lipinski definition) is 1. The van der Waals surface area contributed by atoms with E-state index in [1.165, 1.54) is 0 Å². The van der Waals surface area contributed by atoms with Crippen LogP contribution in [0.25, 0.3) is 0 Å². The lowest BCUT2D eigenvalue weighted by molar-refractivity contribution is -0.122. The molecule has 1 saturated heterocycles. The molecular formula is C15H20BrN3O2. The summed E-state index contributed by atoms with van der Waals surface area (Å²) in [6, 6.07) is 5.79. The summed E-state index contributed by atoms with van der Waals surface area (Å²) >= 11 is 3.44. The minimum absolute atomic E-state index is 0.0104. The van der Waals surface area contributed by atoms with Gasteiger partial charge >= 0.3 is 0 Å². The molecule has 1 fully saturated rings. The Balaban J connectivity index is 1.97. The maximum absolute atomic E-state index is 12.6. The van der Waals surface area contributed by atoms with Gasteiger partial charge in [-0.25, -0.2) is 0 Å². The first-order chi connectivity index (χ1) is 10.0. The number of carbonyl (C=O) groups is 2. The van der Waals surface area contributed by atoms with E-state index in [0.717, 1.165) is 23.1 Å². The van der Waals surface area contributed by atoms with Gasteiger partial charge in [-0.1, -0.05) is 11.6 Å². The topological polar surface area (TPSA) is 52.7 Å². The molecule has 1 aromatic carbocycles. The van der Waals surface area contributed by atoms with Crippen LogP contribution in [0.5, 0.6) is 0 Å². The van der Waals surface area contributed by atoms with Gasteiger partial charge in [0, 0.05) is 37.7 Å². The van der Waals surface area contributed by atoms with Crippen LogP contribution in [-0.2, 0) is 4.79 Å². The lowest BCUT2D eigenvalue weighted by Crippen LogP contribution is -2.50. The predicted octanol–water partition coefficient (Wildman–Crippen LogP) is 1.26. The minimum Gasteiger partial charge on any atom is -0.358 e. The average molecular weight is 354 g/mol. The zero-order valence-corrected chi connectivity index (χ0v) is 13.9. The molecule has 0 aromatic heterocycles. The van der Waals surface area contributed by atoms with Crippen molar-refractivity contribution in [2.45, 2.75) is 6.92 Å². The van der Waals surface area contributed by atoms with Crippen molar-refractivity contribution in [3.05, 3.63) is 33.8 Å². The first-order valence-electron chi connectivity index (χ1n) is 6.99. The Kier molecular flexibility index (Phi) is 5.36. The zero-order valence-electron chi connectivity index (χ0n) is 12.4. The van der Waals surface area contributed by atoms with E-state index in [-0.39, 0.29) is 11.8 Å². The van der Waals surface area contributed by atoms with Gasteiger partial charge in [0.15, 0.2) is 0 Å². The maximum Gasteiger partial charge on any atom is 0.255 e. The SMILES string of the molecule is CNC(=O)CN1CCN(C(=O)c2cc(C)ccc2Br)CC1. The number of nitrogens with zero attached hydrogens (tertiary/aromatic N) is 2. The smallest absolute Gasteiger partial charge is 0.255 e. The second-order valence-corrected chi connectivity index (χ2v) is 6.08. The Morgan fingerprint density at radius 1 is 1.24 bits per heavy atom. The van der Waals surface area contributed by atoms with E-state index in [2.05, 4.69) is 26.1 Å². The first kappa shape index (κ1) is 16.0. The summed E-state index contributed by atoms with van der Waals surface area (Å²) in [6.07, 6.45) is 0. The van der Waals surface area contributed by atoms with Crippen molar-refractivity contribution in [2.75, 3.05) is 39.8 Å². The first-order valence-corrected chi connectivity index (χ1v) is 7.79. The summed E-state index contributed by atoms with van der Waals surface area (Å²) in [5.41, 5.74) is 1.77. The largest absolute Gasteiger partial charge is 0.358 e. The maximum atomic E-state index is 12.6. The highest BCUT2D eigenvalue weighted by atomic mass is 79.9. The van der Waals surface area contributed by atoms with Gasteiger partial charge in [-0.2, -0.15) is 0 Å². The fourth-order valence-corrected chi connectivity index (χ4v) is 2.78. The number of hydrogen-bond acceptors (Lipinski definition) is 3. The molecule has 21 heavy (non-hydrogen) atoms. The third-order valence-electron chi connectivity index (χ3n) is 3.66. The molecule has 6 heteroatoms. The Hall–Kier alpha value is -1.40. The Morgan fingerprint density at radius 2 is 1.90 bits per heavy atom. The highest BCUT2D eigenvalue weighted by molar-refractivity contribution is 9.10. The lowest BCUT2D eigenvalue weighted by atomic mass is 10.1. The van der Waals surface area contributed by atoms with Crippen molar-refractivity contribution in [3.63, 3.8) is 0 Å². The summed E-state index contributed by atoms with van der Waals surface area (Å²) in [4.78, 5) is 27.8. The molecule has 114 valence electrons. The molecule has 0 saturated carbocycles. The van der Waals surface area contributed by atoms with Crippen molar-refractivity contribution >= 4 is 27.7 Å². The van der Waals surface area contributed by atoms with Crippen LogP contribution in [0, 0.1) is 6.92 Å². The van der Waals surface area contributed by atoms with Gasteiger partial charge in [-0.3, -0.25) is 14.5 Å². The predicted molar refractivity (Wildman–Crippen MR) is 85.3 cm³/mol. The average Bonchev–Trinajstić information content (AvgIpc) is 2.49. The van der Waals surface area contributed by atoms with Crippen LogP contribution in [-0.4, -0.2) is 61.4 Å². The van der Waals surface area contributed by atoms with Crippen molar-refractivity contribution in [3.8, 4) is 0 Å². The summed E-state index contributed by atoms with van der Waals surface area (Å²) in [5.74, 6) is 0.0568. The number of piperazine rings is 1. The molecule has 0 spiro atoms. The fourth-order valence-electron chi connectivity index (χ4n) is 2.36. The number of likely N-dealkylation sites (N-methyl/N-ethyl adjacent to an activating group) is 1. The number of rotatable bonds is 3. The van der Waals surface area contributed by atoms with Gasteiger partial charge < -0.3 is 10.2 Å². The van der Waals surface area contributed by atoms with E-state index in [1.54, 1.807) is 7.05 Å². The van der Waals surface area contributed by atoms with E-state index in [1.807, 2.05) is 30.0 Å². The molecule has 1 heterocycles. The van der Waals surface area contributed by atoms with E-state index in [9.17, 15) is 9.59 Å². The molecule has 1 aliphatic heterocycles. The highest BCUT2D eigenvalue weighted by Crippen LogP contribution is 2.20. The number of halogens is 1. The van der Waals surface area contributed by atoms with Crippen molar-refractivity contribution in [2.24, 2.45) is 0 Å². The van der Waals surface area contributed by atoms with Gasteiger partial charge in [0.1, 0.15) is 0 Å². The van der Waals surface area contributed by atoms with Crippen LogP contribution in [0.1, 0.15) is 15.9 Å². The van der Waals surface area contributed by atoms with Crippen LogP contribution < -0.4 is 5.32 Å². The monoisotopic (exact) mass is 353 g/mol. The van der Waals surface area contributed by atoms with Crippen LogP contribution in [0.3, 0.4) is 0 Å². The standard InChI is InChI=1S/C15H20BrN3O2/c1-11-3-4-13(16)12(9-11)15(21)19-7-5-18(6-8-19)10-14(20)17-2/h3-4,9H,5-8,10H2,1-2H3,(H,17,20). The van der Waals surface area contributed by atoms with Crippen LogP contribution in [0.2, 0.25) is 0 Å². The molecule has 0 unspecified atom stereocenters. The fraction of sp³-hybridized carbons (Fsp3) is 0.467. The number of amides is 2. The third kappa shape index (κ3) is 4.04. The van der Waals surface area contributed by atoms with Gasteiger partial charge in [0.2, 0.25) is 5.91 Å². The molecule has 1 aliphatic rings. The Morgan fingerprint density at radius 3 is 2.52 bits per heavy atom. The number of benzene rings is 1. The van der Waals surface area contributed by atoms with E-state index >= 15 is 0 Å². The normalized spacial score (nSPS) is 15.9. The molecule has 0 radical (unpaired) electrons. The molecular weight excluding hydrogens is 334 g/mol. The zero-order chi connectivity index (χ0) is 15.4. The van der Waals surface area contributed by atoms with E-state index in [4.69, 9.17) is 0 Å². The second kappa shape index (κ2) is 7.04. The molecule has 1 N–H and O–H groups in total. The van der Waals surface area contributed by atoms with E-state index in [0.29, 0.717) is 25.2 Å². The molecule has 2 rings (SSSR count). The number of aryl methyl sites for hydroxylation is 1. The summed E-state index contributed by atoms with van der Waals surface area (Å²) in [7, 11) is 1.64. The minimum atomic E-state index is 0.0104. The molecule has 1 aromatic rings. The van der Waals surface area contributed by atoms with Crippen molar-refractivity contribution < 1.29 is 9.59 Å². The van der Waals surface area contributed by atoms with Crippen molar-refractivity contribution in [1.82, 2.24) is 15.1 Å². The third-order valence-corrected chi connectivity index (χ3v) is 4.35. The van der Waals surface area contributed by atoms with Gasteiger partial charge in [-0.15, -0.1) is 0 Å². The van der Waals surface area contributed by atoms with Gasteiger partial charge in [-0.05, 0) is 35.0 Å². The van der Waals surface area contributed by atoms with Gasteiger partial charge in [0.25, 0.3) is 5.91 Å². The molecule has 0 atom stereocenters. The quantitative estimate of drug-likeness (QED) is 0.889. The molecule has 0 bridgehead atoms. The Bertz CT molecular complexity index is 540. The Labute approximate surface area is 133 Å².